The number of rotatable bonds is 2. The van der Waals surface area contributed by atoms with E-state index in [9.17, 15) is 4.79 Å². The highest BCUT2D eigenvalue weighted by molar-refractivity contribution is 5.74. The number of carbonyl (C=O) groups is 1. The number of esters is 1. The maximum Gasteiger partial charge on any atom is 0.335 e. The fourth-order valence-electron chi connectivity index (χ4n) is 1.09. The van der Waals surface area contributed by atoms with Crippen LogP contribution in [0.3, 0.4) is 0 Å². The first-order chi connectivity index (χ1) is 5.27. The van der Waals surface area contributed by atoms with Crippen molar-refractivity contribution in [3.05, 3.63) is 0 Å². The topological polar surface area (TPSA) is 44.8 Å². The molecule has 1 aliphatic heterocycles. The molecule has 1 rings (SSSR count). The summed E-state index contributed by atoms with van der Waals surface area (Å²) < 4.78 is 14.6. The van der Waals surface area contributed by atoms with Crippen LogP contribution in [0, 0.1) is 0 Å². The van der Waals surface area contributed by atoms with E-state index in [-0.39, 0.29) is 12.3 Å². The van der Waals surface area contributed by atoms with Crippen LogP contribution in [0.25, 0.3) is 0 Å². The number of carbonyl (C=O) groups excluding carboxylic acids is 1. The van der Waals surface area contributed by atoms with E-state index in [2.05, 4.69) is 4.74 Å². The Labute approximate surface area is 65.4 Å². The number of ether oxygens (including phenoxy) is 3. The average Bonchev–Trinajstić information content (AvgIpc) is 2.50. The molecule has 1 heterocycles. The number of hydrogen-bond donors (Lipinski definition) is 0. The van der Waals surface area contributed by atoms with Crippen LogP contribution >= 0.6 is 0 Å². The minimum Gasteiger partial charge on any atom is -0.467 e. The molecule has 1 fully saturated rings. The molecule has 0 N–H and O–H groups in total. The summed E-state index contributed by atoms with van der Waals surface area (Å²) in [5.74, 6) is -0.315. The molecule has 11 heavy (non-hydrogen) atoms. The van der Waals surface area contributed by atoms with Gasteiger partial charge in [0.25, 0.3) is 0 Å². The monoisotopic (exact) mass is 160 g/mol. The van der Waals surface area contributed by atoms with E-state index in [4.69, 9.17) is 9.47 Å². The van der Waals surface area contributed by atoms with E-state index in [0.717, 1.165) is 6.42 Å². The highest BCUT2D eigenvalue weighted by Gasteiger charge is 2.31. The number of methoxy groups -OCH3 is 2. The molecule has 0 aromatic carbocycles. The van der Waals surface area contributed by atoms with Crippen molar-refractivity contribution in [2.45, 2.75) is 25.2 Å². The summed E-state index contributed by atoms with van der Waals surface area (Å²) in [6, 6.07) is 0. The normalized spacial score (nSPS) is 30.4. The third kappa shape index (κ3) is 1.91. The van der Waals surface area contributed by atoms with Gasteiger partial charge in [0.2, 0.25) is 0 Å². The van der Waals surface area contributed by atoms with Crippen molar-refractivity contribution < 1.29 is 19.0 Å². The molecule has 0 amide bonds. The van der Waals surface area contributed by atoms with Crippen LogP contribution in [0.2, 0.25) is 0 Å². The quantitative estimate of drug-likeness (QED) is 0.545. The third-order valence-electron chi connectivity index (χ3n) is 1.71. The Morgan fingerprint density at radius 1 is 1.45 bits per heavy atom. The Hall–Kier alpha value is -0.610. The van der Waals surface area contributed by atoms with Gasteiger partial charge >= 0.3 is 5.97 Å². The Balaban J connectivity index is 2.35. The Bertz CT molecular complexity index is 145. The lowest BCUT2D eigenvalue weighted by Gasteiger charge is -2.09. The molecule has 0 bridgehead atoms. The lowest BCUT2D eigenvalue weighted by molar-refractivity contribution is -0.166. The summed E-state index contributed by atoms with van der Waals surface area (Å²) >= 11 is 0. The van der Waals surface area contributed by atoms with Crippen LogP contribution in [-0.2, 0) is 19.0 Å². The SMILES string of the molecule is COC(=O)[C@H]1CC[C@H](OC)O1. The van der Waals surface area contributed by atoms with Gasteiger partial charge in [0.15, 0.2) is 12.4 Å². The van der Waals surface area contributed by atoms with Crippen molar-refractivity contribution in [3.8, 4) is 0 Å². The van der Waals surface area contributed by atoms with Gasteiger partial charge in [-0.05, 0) is 6.42 Å². The summed E-state index contributed by atoms with van der Waals surface area (Å²) in [5, 5.41) is 0. The van der Waals surface area contributed by atoms with E-state index in [1.54, 1.807) is 7.11 Å². The lowest BCUT2D eigenvalue weighted by atomic mass is 10.2. The van der Waals surface area contributed by atoms with Gasteiger partial charge in [0, 0.05) is 13.5 Å². The zero-order chi connectivity index (χ0) is 8.27. The fourth-order valence-corrected chi connectivity index (χ4v) is 1.09. The largest absolute Gasteiger partial charge is 0.467 e. The smallest absolute Gasteiger partial charge is 0.335 e. The van der Waals surface area contributed by atoms with Crippen LogP contribution < -0.4 is 0 Å². The zero-order valence-electron chi connectivity index (χ0n) is 6.70. The molecule has 0 unspecified atom stereocenters. The number of hydrogen-bond acceptors (Lipinski definition) is 4. The molecule has 2 atom stereocenters. The second-order valence-electron chi connectivity index (χ2n) is 2.39. The molecule has 1 aliphatic rings. The Kier molecular flexibility index (Phi) is 2.84. The molecule has 1 saturated heterocycles. The summed E-state index contributed by atoms with van der Waals surface area (Å²) in [6.45, 7) is 0. The molecule has 0 saturated carbocycles. The second kappa shape index (κ2) is 3.69. The van der Waals surface area contributed by atoms with E-state index < -0.39 is 6.10 Å². The van der Waals surface area contributed by atoms with Crippen LogP contribution in [0.15, 0.2) is 0 Å². The molecule has 4 nitrogen and oxygen atoms in total. The fraction of sp³-hybridized carbons (Fsp3) is 0.857. The zero-order valence-corrected chi connectivity index (χ0v) is 6.70. The van der Waals surface area contributed by atoms with Gasteiger partial charge in [-0.3, -0.25) is 0 Å². The van der Waals surface area contributed by atoms with Crippen LogP contribution in [0.1, 0.15) is 12.8 Å². The summed E-state index contributed by atoms with van der Waals surface area (Å²) in [7, 11) is 2.91. The van der Waals surface area contributed by atoms with Crippen LogP contribution in [-0.4, -0.2) is 32.6 Å². The van der Waals surface area contributed by atoms with Gasteiger partial charge in [0.1, 0.15) is 0 Å². The third-order valence-corrected chi connectivity index (χ3v) is 1.71. The molecule has 0 aromatic rings. The van der Waals surface area contributed by atoms with Gasteiger partial charge in [-0.25, -0.2) is 4.79 Å². The predicted octanol–water partition coefficient (Wildman–Crippen LogP) is 0.311. The van der Waals surface area contributed by atoms with E-state index in [0.29, 0.717) is 6.42 Å². The van der Waals surface area contributed by atoms with E-state index in [1.807, 2.05) is 0 Å². The molecule has 0 spiro atoms. The molecule has 0 radical (unpaired) electrons. The molecule has 4 heteroatoms. The van der Waals surface area contributed by atoms with Crippen LogP contribution in [0.4, 0.5) is 0 Å². The van der Waals surface area contributed by atoms with Gasteiger partial charge in [0.05, 0.1) is 7.11 Å². The van der Waals surface area contributed by atoms with Gasteiger partial charge < -0.3 is 14.2 Å². The van der Waals surface area contributed by atoms with E-state index in [1.165, 1.54) is 7.11 Å². The van der Waals surface area contributed by atoms with Crippen molar-refractivity contribution >= 4 is 5.97 Å². The van der Waals surface area contributed by atoms with Crippen molar-refractivity contribution in [2.24, 2.45) is 0 Å². The minimum absolute atomic E-state index is 0.237. The van der Waals surface area contributed by atoms with Gasteiger partial charge in [-0.1, -0.05) is 0 Å². The second-order valence-corrected chi connectivity index (χ2v) is 2.39. The Morgan fingerprint density at radius 2 is 2.18 bits per heavy atom. The summed E-state index contributed by atoms with van der Waals surface area (Å²) in [5.41, 5.74) is 0. The molecule has 0 aromatic heterocycles. The first-order valence-electron chi connectivity index (χ1n) is 3.54. The first-order valence-corrected chi connectivity index (χ1v) is 3.54. The minimum atomic E-state index is -0.426. The summed E-state index contributed by atoms with van der Waals surface area (Å²) in [6.07, 6.45) is 0.783. The predicted molar refractivity (Wildman–Crippen MR) is 36.9 cm³/mol. The van der Waals surface area contributed by atoms with E-state index >= 15 is 0 Å². The molecule has 0 aliphatic carbocycles. The highest BCUT2D eigenvalue weighted by atomic mass is 16.7. The van der Waals surface area contributed by atoms with Crippen LogP contribution in [0.5, 0.6) is 0 Å². The molecule has 64 valence electrons. The average molecular weight is 160 g/mol. The maximum atomic E-state index is 10.9. The standard InChI is InChI=1S/C7H12O4/c1-9-6-4-3-5(11-6)7(8)10-2/h5-6H,3-4H2,1-2H3/t5-,6-/m1/s1. The van der Waals surface area contributed by atoms with Crippen molar-refractivity contribution in [2.75, 3.05) is 14.2 Å². The summed E-state index contributed by atoms with van der Waals surface area (Å²) in [4.78, 5) is 10.9. The highest BCUT2D eigenvalue weighted by Crippen LogP contribution is 2.20. The Morgan fingerprint density at radius 3 is 2.64 bits per heavy atom. The van der Waals surface area contributed by atoms with Gasteiger partial charge in [-0.15, -0.1) is 0 Å². The first kappa shape index (κ1) is 8.49. The van der Waals surface area contributed by atoms with Crippen molar-refractivity contribution in [1.29, 1.82) is 0 Å². The lowest BCUT2D eigenvalue weighted by Crippen LogP contribution is -2.22. The van der Waals surface area contributed by atoms with Crippen molar-refractivity contribution in [3.63, 3.8) is 0 Å². The molecular weight excluding hydrogens is 148 g/mol. The molecular formula is C7H12O4. The van der Waals surface area contributed by atoms with Crippen molar-refractivity contribution in [1.82, 2.24) is 0 Å². The van der Waals surface area contributed by atoms with Gasteiger partial charge in [-0.2, -0.15) is 0 Å². The maximum absolute atomic E-state index is 10.9.